The molecule has 2 aliphatic rings. The predicted octanol–water partition coefficient (Wildman–Crippen LogP) is 2.20. The van der Waals surface area contributed by atoms with E-state index in [1.165, 1.54) is 21.3 Å². The molecule has 0 radical (unpaired) electrons. The summed E-state index contributed by atoms with van der Waals surface area (Å²) in [7, 11) is 4.52. The number of amides is 3. The number of anilines is 1. The van der Waals surface area contributed by atoms with Crippen molar-refractivity contribution in [2.75, 3.05) is 52.8 Å². The minimum atomic E-state index is -0.161. The third-order valence-electron chi connectivity index (χ3n) is 6.01. The second-order valence-corrected chi connectivity index (χ2v) is 7.92. The molecule has 1 fully saturated rings. The van der Waals surface area contributed by atoms with Gasteiger partial charge in [-0.2, -0.15) is 0 Å². The van der Waals surface area contributed by atoms with Gasteiger partial charge in [-0.25, -0.2) is 0 Å². The van der Waals surface area contributed by atoms with Crippen molar-refractivity contribution in [1.29, 1.82) is 0 Å². The van der Waals surface area contributed by atoms with Gasteiger partial charge in [0.15, 0.2) is 11.5 Å². The van der Waals surface area contributed by atoms with Crippen LogP contribution in [0.3, 0.4) is 0 Å². The molecule has 0 atom stereocenters. The first kappa shape index (κ1) is 22.4. The van der Waals surface area contributed by atoms with Gasteiger partial charge in [0, 0.05) is 49.4 Å². The van der Waals surface area contributed by atoms with Gasteiger partial charge in [0.2, 0.25) is 11.7 Å². The molecule has 0 bridgehead atoms. The summed E-state index contributed by atoms with van der Waals surface area (Å²) < 4.78 is 16.0. The van der Waals surface area contributed by atoms with Crippen molar-refractivity contribution in [2.24, 2.45) is 0 Å². The topological polar surface area (TPSA) is 97.4 Å². The molecular formula is C24H27N3O6. The van der Waals surface area contributed by atoms with Crippen LogP contribution in [0, 0.1) is 0 Å². The van der Waals surface area contributed by atoms with Gasteiger partial charge in [-0.05, 0) is 42.3 Å². The lowest BCUT2D eigenvalue weighted by Gasteiger charge is -2.35. The highest BCUT2D eigenvalue weighted by Crippen LogP contribution is 2.38. The molecule has 2 heterocycles. The van der Waals surface area contributed by atoms with Gasteiger partial charge in [-0.15, -0.1) is 0 Å². The number of ether oxygens (including phenoxy) is 3. The van der Waals surface area contributed by atoms with Gasteiger partial charge in [-0.1, -0.05) is 0 Å². The van der Waals surface area contributed by atoms with Crippen LogP contribution >= 0.6 is 0 Å². The molecule has 1 N–H and O–H groups in total. The van der Waals surface area contributed by atoms with Crippen LogP contribution in [-0.2, 0) is 11.2 Å². The molecule has 2 aliphatic heterocycles. The minimum absolute atomic E-state index is 0.00512. The van der Waals surface area contributed by atoms with Crippen molar-refractivity contribution in [3.63, 3.8) is 0 Å². The number of hydrogen-bond donors (Lipinski definition) is 1. The van der Waals surface area contributed by atoms with Crippen LogP contribution in [0.2, 0.25) is 0 Å². The molecule has 9 heteroatoms. The third kappa shape index (κ3) is 4.44. The summed E-state index contributed by atoms with van der Waals surface area (Å²) in [6.07, 6.45) is 1.05. The maximum atomic E-state index is 13.1. The Kier molecular flexibility index (Phi) is 6.39. The first-order valence-electron chi connectivity index (χ1n) is 10.8. The quantitative estimate of drug-likeness (QED) is 0.746. The van der Waals surface area contributed by atoms with E-state index < -0.39 is 0 Å². The van der Waals surface area contributed by atoms with E-state index in [-0.39, 0.29) is 17.7 Å². The number of nitrogens with one attached hydrogen (secondary N) is 1. The first-order chi connectivity index (χ1) is 15.9. The summed E-state index contributed by atoms with van der Waals surface area (Å²) in [6, 6.07) is 8.63. The van der Waals surface area contributed by atoms with Crippen LogP contribution in [0.25, 0.3) is 0 Å². The molecule has 2 aromatic carbocycles. The summed E-state index contributed by atoms with van der Waals surface area (Å²) in [5.74, 6) is 1.02. The average Bonchev–Trinajstić information content (AvgIpc) is 2.86. The van der Waals surface area contributed by atoms with E-state index in [0.717, 1.165) is 11.3 Å². The summed E-state index contributed by atoms with van der Waals surface area (Å²) in [6.45, 7) is 1.70. The van der Waals surface area contributed by atoms with E-state index in [1.54, 1.807) is 34.1 Å². The zero-order valence-electron chi connectivity index (χ0n) is 19.0. The highest BCUT2D eigenvalue weighted by molar-refractivity contribution is 5.98. The Hall–Kier alpha value is -3.75. The van der Waals surface area contributed by atoms with Gasteiger partial charge in [0.05, 0.1) is 21.3 Å². The molecule has 4 rings (SSSR count). The summed E-state index contributed by atoms with van der Waals surface area (Å²) in [5, 5.41) is 2.83. The van der Waals surface area contributed by atoms with Gasteiger partial charge < -0.3 is 29.3 Å². The van der Waals surface area contributed by atoms with Crippen molar-refractivity contribution in [1.82, 2.24) is 9.80 Å². The summed E-state index contributed by atoms with van der Waals surface area (Å²) >= 11 is 0. The van der Waals surface area contributed by atoms with Crippen LogP contribution < -0.4 is 19.5 Å². The average molecular weight is 453 g/mol. The van der Waals surface area contributed by atoms with Gasteiger partial charge >= 0.3 is 0 Å². The molecule has 9 nitrogen and oxygen atoms in total. The molecular weight excluding hydrogens is 426 g/mol. The van der Waals surface area contributed by atoms with Crippen molar-refractivity contribution >= 4 is 23.4 Å². The van der Waals surface area contributed by atoms with Crippen molar-refractivity contribution < 1.29 is 28.6 Å². The Bertz CT molecular complexity index is 1070. The summed E-state index contributed by atoms with van der Waals surface area (Å²) in [4.78, 5) is 41.1. The summed E-state index contributed by atoms with van der Waals surface area (Å²) in [5.41, 5.74) is 2.76. The van der Waals surface area contributed by atoms with Crippen LogP contribution in [0.1, 0.15) is 32.7 Å². The molecule has 174 valence electrons. The normalized spacial score (nSPS) is 15.4. The van der Waals surface area contributed by atoms with Gasteiger partial charge in [0.1, 0.15) is 0 Å². The number of hydrogen-bond acceptors (Lipinski definition) is 6. The number of methoxy groups -OCH3 is 3. The zero-order chi connectivity index (χ0) is 23.5. The van der Waals surface area contributed by atoms with Crippen molar-refractivity contribution in [3.05, 3.63) is 47.0 Å². The van der Waals surface area contributed by atoms with Crippen LogP contribution in [0.4, 0.5) is 5.69 Å². The van der Waals surface area contributed by atoms with E-state index in [9.17, 15) is 14.4 Å². The second-order valence-electron chi connectivity index (χ2n) is 7.92. The molecule has 0 aliphatic carbocycles. The largest absolute Gasteiger partial charge is 0.493 e. The number of aryl methyl sites for hydroxylation is 1. The number of nitrogens with zero attached hydrogens (tertiary/aromatic N) is 2. The fourth-order valence-corrected chi connectivity index (χ4v) is 4.20. The molecule has 0 unspecified atom stereocenters. The molecule has 1 saturated heterocycles. The number of carbonyl (C=O) groups is 3. The van der Waals surface area contributed by atoms with Gasteiger partial charge in [0.25, 0.3) is 11.8 Å². The highest BCUT2D eigenvalue weighted by Gasteiger charge is 2.28. The second kappa shape index (κ2) is 9.40. The molecule has 2 aromatic rings. The fraction of sp³-hybridized carbons (Fsp3) is 0.375. The van der Waals surface area contributed by atoms with Crippen LogP contribution in [-0.4, -0.2) is 75.0 Å². The van der Waals surface area contributed by atoms with E-state index >= 15 is 0 Å². The van der Waals surface area contributed by atoms with E-state index in [4.69, 9.17) is 14.2 Å². The predicted molar refractivity (Wildman–Crippen MR) is 121 cm³/mol. The Morgan fingerprint density at radius 1 is 0.788 bits per heavy atom. The van der Waals surface area contributed by atoms with E-state index in [1.807, 2.05) is 6.07 Å². The lowest BCUT2D eigenvalue weighted by molar-refractivity contribution is -0.116. The Labute approximate surface area is 192 Å². The minimum Gasteiger partial charge on any atom is -0.493 e. The maximum Gasteiger partial charge on any atom is 0.254 e. The van der Waals surface area contributed by atoms with E-state index in [0.29, 0.717) is 67.4 Å². The third-order valence-corrected chi connectivity index (χ3v) is 6.01. The maximum absolute atomic E-state index is 13.1. The highest BCUT2D eigenvalue weighted by atomic mass is 16.5. The Morgan fingerprint density at radius 3 is 1.91 bits per heavy atom. The number of carbonyl (C=O) groups excluding carboxylic acids is 3. The van der Waals surface area contributed by atoms with Crippen molar-refractivity contribution in [2.45, 2.75) is 12.8 Å². The lowest BCUT2D eigenvalue weighted by atomic mass is 10.00. The number of rotatable bonds is 5. The zero-order valence-corrected chi connectivity index (χ0v) is 19.0. The van der Waals surface area contributed by atoms with E-state index in [2.05, 4.69) is 5.32 Å². The van der Waals surface area contributed by atoms with Gasteiger partial charge in [-0.3, -0.25) is 14.4 Å². The van der Waals surface area contributed by atoms with Crippen LogP contribution in [0.5, 0.6) is 17.2 Å². The van der Waals surface area contributed by atoms with Crippen molar-refractivity contribution in [3.8, 4) is 17.2 Å². The molecule has 0 aromatic heterocycles. The molecule has 33 heavy (non-hydrogen) atoms. The fourth-order valence-electron chi connectivity index (χ4n) is 4.20. The number of piperazine rings is 1. The number of fused-ring (bicyclic) bond motifs is 1. The number of benzene rings is 2. The first-order valence-corrected chi connectivity index (χ1v) is 10.8. The molecule has 0 spiro atoms. The Morgan fingerprint density at radius 2 is 1.36 bits per heavy atom. The monoisotopic (exact) mass is 453 g/mol. The molecule has 3 amide bonds. The Balaban J connectivity index is 1.43. The lowest BCUT2D eigenvalue weighted by Crippen LogP contribution is -2.50. The molecule has 0 saturated carbocycles. The van der Waals surface area contributed by atoms with Crippen LogP contribution in [0.15, 0.2) is 30.3 Å². The SMILES string of the molecule is COc1cc(C(=O)N2CCN(C(=O)c3ccc4c(c3)CCC(=O)N4)CC2)cc(OC)c1OC. The smallest absolute Gasteiger partial charge is 0.254 e. The standard InChI is InChI=1S/C24H27N3O6/c1-31-19-13-17(14-20(32-2)22(19)33-3)24(30)27-10-8-26(9-11-27)23(29)16-4-6-18-15(12-16)5-7-21(28)25-18/h4,6,12-14H,5,7-11H2,1-3H3,(H,25,28).